The van der Waals surface area contributed by atoms with E-state index >= 15 is 0 Å². The number of hydrogen-bond donors (Lipinski definition) is 2. The number of rotatable bonds is 1. The molecule has 0 heterocycles. The van der Waals surface area contributed by atoms with Gasteiger partial charge in [-0.15, -0.1) is 12.4 Å². The molecule has 1 fully saturated rings. The van der Waals surface area contributed by atoms with Crippen molar-refractivity contribution in [2.75, 3.05) is 7.11 Å². The monoisotopic (exact) mass is 209 g/mol. The van der Waals surface area contributed by atoms with Crippen molar-refractivity contribution >= 4 is 18.4 Å². The van der Waals surface area contributed by atoms with Crippen LogP contribution in [0.4, 0.5) is 0 Å². The van der Waals surface area contributed by atoms with Crippen LogP contribution in [0.25, 0.3) is 0 Å². The summed E-state index contributed by atoms with van der Waals surface area (Å²) in [6, 6.07) is 0. The Morgan fingerprint density at radius 1 is 1.62 bits per heavy atom. The molecule has 1 aliphatic rings. The van der Waals surface area contributed by atoms with Crippen molar-refractivity contribution in [1.29, 1.82) is 0 Å². The van der Waals surface area contributed by atoms with Crippen LogP contribution in [0.2, 0.25) is 0 Å². The molecule has 3 N–H and O–H groups in total. The molecule has 0 aliphatic heterocycles. The first kappa shape index (κ1) is 12.7. The molecule has 0 aromatic heterocycles. The lowest BCUT2D eigenvalue weighted by Crippen LogP contribution is -2.52. The molecule has 13 heavy (non-hydrogen) atoms. The van der Waals surface area contributed by atoms with Gasteiger partial charge in [0.15, 0.2) is 0 Å². The summed E-state index contributed by atoms with van der Waals surface area (Å²) in [7, 11) is 1.31. The van der Waals surface area contributed by atoms with E-state index in [1.165, 1.54) is 7.11 Å². The van der Waals surface area contributed by atoms with Crippen LogP contribution in [0.3, 0.4) is 0 Å². The van der Waals surface area contributed by atoms with Gasteiger partial charge < -0.3 is 15.6 Å². The highest BCUT2D eigenvalue weighted by atomic mass is 35.5. The normalized spacial score (nSPS) is 33.3. The van der Waals surface area contributed by atoms with Gasteiger partial charge in [-0.3, -0.25) is 4.79 Å². The lowest BCUT2D eigenvalue weighted by atomic mass is 9.82. The molecule has 0 aromatic rings. The third kappa shape index (κ3) is 2.83. The molecule has 1 saturated carbocycles. The summed E-state index contributed by atoms with van der Waals surface area (Å²) in [4.78, 5) is 11.1. The maximum absolute atomic E-state index is 11.1. The van der Waals surface area contributed by atoms with E-state index in [0.29, 0.717) is 12.8 Å². The van der Waals surface area contributed by atoms with Gasteiger partial charge in [0.25, 0.3) is 0 Å². The van der Waals surface area contributed by atoms with Crippen molar-refractivity contribution in [3.8, 4) is 0 Å². The first-order valence-electron chi connectivity index (χ1n) is 4.17. The lowest BCUT2D eigenvalue weighted by Gasteiger charge is -2.34. The topological polar surface area (TPSA) is 72.5 Å². The fourth-order valence-corrected chi connectivity index (χ4v) is 1.65. The van der Waals surface area contributed by atoms with E-state index < -0.39 is 17.6 Å². The van der Waals surface area contributed by atoms with E-state index in [0.717, 1.165) is 12.8 Å². The van der Waals surface area contributed by atoms with Crippen LogP contribution in [0, 0.1) is 5.92 Å². The minimum absolute atomic E-state index is 0. The molecular formula is C8H16ClNO3. The minimum Gasteiger partial charge on any atom is -0.469 e. The molecule has 0 amide bonds. The molecule has 2 atom stereocenters. The number of esters is 1. The van der Waals surface area contributed by atoms with Crippen LogP contribution >= 0.6 is 12.4 Å². The average Bonchev–Trinajstić information content (AvgIpc) is 2.02. The number of hydrogen-bond acceptors (Lipinski definition) is 4. The predicted octanol–water partition coefficient (Wildman–Crippen LogP) is 0.419. The highest BCUT2D eigenvalue weighted by Gasteiger charge is 2.40. The molecule has 5 heteroatoms. The van der Waals surface area contributed by atoms with Crippen molar-refractivity contribution in [3.63, 3.8) is 0 Å². The van der Waals surface area contributed by atoms with E-state index in [2.05, 4.69) is 4.74 Å². The molecule has 0 spiro atoms. The molecule has 2 unspecified atom stereocenters. The van der Waals surface area contributed by atoms with Gasteiger partial charge in [0.1, 0.15) is 5.72 Å². The van der Waals surface area contributed by atoms with Crippen LogP contribution < -0.4 is 5.73 Å². The van der Waals surface area contributed by atoms with E-state index in [9.17, 15) is 9.90 Å². The Bertz CT molecular complexity index is 184. The number of carbonyl (C=O) groups is 1. The predicted molar refractivity (Wildman–Crippen MR) is 50.4 cm³/mol. The Balaban J connectivity index is 0.00000144. The first-order valence-corrected chi connectivity index (χ1v) is 4.17. The zero-order valence-corrected chi connectivity index (χ0v) is 8.47. The maximum atomic E-state index is 11.1. The number of ether oxygens (including phenoxy) is 1. The molecule has 78 valence electrons. The average molecular weight is 210 g/mol. The first-order chi connectivity index (χ1) is 5.58. The summed E-state index contributed by atoms with van der Waals surface area (Å²) >= 11 is 0. The van der Waals surface area contributed by atoms with E-state index in [1.54, 1.807) is 0 Å². The molecule has 0 aromatic carbocycles. The Morgan fingerprint density at radius 3 is 2.69 bits per heavy atom. The quantitative estimate of drug-likeness (QED) is 0.485. The maximum Gasteiger partial charge on any atom is 0.312 e. The van der Waals surface area contributed by atoms with Gasteiger partial charge in [0.05, 0.1) is 13.0 Å². The molecule has 0 radical (unpaired) electrons. The molecular weight excluding hydrogens is 194 g/mol. The summed E-state index contributed by atoms with van der Waals surface area (Å²) in [5.41, 5.74) is 4.20. The van der Waals surface area contributed by atoms with Crippen LogP contribution in [0.1, 0.15) is 25.7 Å². The molecule has 0 saturated heterocycles. The minimum atomic E-state index is -1.36. The summed E-state index contributed by atoms with van der Waals surface area (Å²) in [5, 5.41) is 9.61. The fraction of sp³-hybridized carbons (Fsp3) is 0.875. The summed E-state index contributed by atoms with van der Waals surface area (Å²) < 4.78 is 4.55. The standard InChI is InChI=1S/C8H15NO3.ClH/c1-12-7(10)6-4-2-3-5-8(6,9)11;/h6,11H,2-5,9H2,1H3;1H. The van der Waals surface area contributed by atoms with Crippen molar-refractivity contribution in [1.82, 2.24) is 0 Å². The van der Waals surface area contributed by atoms with Gasteiger partial charge in [-0.25, -0.2) is 0 Å². The van der Waals surface area contributed by atoms with Crippen molar-refractivity contribution in [2.24, 2.45) is 11.7 Å². The summed E-state index contributed by atoms with van der Waals surface area (Å²) in [5.74, 6) is -0.948. The van der Waals surface area contributed by atoms with Gasteiger partial charge in [-0.1, -0.05) is 6.42 Å². The Labute approximate surface area is 83.9 Å². The van der Waals surface area contributed by atoms with Crippen molar-refractivity contribution < 1.29 is 14.6 Å². The van der Waals surface area contributed by atoms with Crippen molar-refractivity contribution in [2.45, 2.75) is 31.4 Å². The van der Waals surface area contributed by atoms with Crippen LogP contribution in [-0.2, 0) is 9.53 Å². The third-order valence-corrected chi connectivity index (χ3v) is 2.41. The summed E-state index contributed by atoms with van der Waals surface area (Å²) in [6.07, 6.45) is 2.91. The Hall–Kier alpha value is -0.320. The second-order valence-electron chi connectivity index (χ2n) is 3.31. The zero-order valence-electron chi connectivity index (χ0n) is 7.66. The van der Waals surface area contributed by atoms with Crippen LogP contribution in [0.15, 0.2) is 0 Å². The van der Waals surface area contributed by atoms with Gasteiger partial charge in [0, 0.05) is 0 Å². The van der Waals surface area contributed by atoms with Gasteiger partial charge in [-0.05, 0) is 19.3 Å². The number of methoxy groups -OCH3 is 1. The van der Waals surface area contributed by atoms with Crippen molar-refractivity contribution in [3.05, 3.63) is 0 Å². The third-order valence-electron chi connectivity index (χ3n) is 2.41. The van der Waals surface area contributed by atoms with E-state index in [1.807, 2.05) is 0 Å². The second kappa shape index (κ2) is 4.79. The van der Waals surface area contributed by atoms with Crippen LogP contribution in [0.5, 0.6) is 0 Å². The largest absolute Gasteiger partial charge is 0.469 e. The number of aliphatic hydroxyl groups is 1. The molecule has 4 nitrogen and oxygen atoms in total. The van der Waals surface area contributed by atoms with Gasteiger partial charge >= 0.3 is 5.97 Å². The fourth-order valence-electron chi connectivity index (χ4n) is 1.65. The lowest BCUT2D eigenvalue weighted by molar-refractivity contribution is -0.159. The molecule has 1 aliphatic carbocycles. The molecule has 1 rings (SSSR count). The Morgan fingerprint density at radius 2 is 2.23 bits per heavy atom. The van der Waals surface area contributed by atoms with E-state index in [-0.39, 0.29) is 12.4 Å². The summed E-state index contributed by atoms with van der Waals surface area (Å²) in [6.45, 7) is 0. The Kier molecular flexibility index (Phi) is 4.67. The SMILES string of the molecule is COC(=O)C1CCCCC1(N)O.Cl. The highest BCUT2D eigenvalue weighted by Crippen LogP contribution is 2.30. The van der Waals surface area contributed by atoms with Gasteiger partial charge in [-0.2, -0.15) is 0 Å². The second-order valence-corrected chi connectivity index (χ2v) is 3.31. The number of halogens is 1. The smallest absolute Gasteiger partial charge is 0.312 e. The molecule has 0 bridgehead atoms. The number of carbonyl (C=O) groups excluding carboxylic acids is 1. The zero-order chi connectivity index (χ0) is 9.19. The number of nitrogens with two attached hydrogens (primary N) is 1. The van der Waals surface area contributed by atoms with Gasteiger partial charge in [0.2, 0.25) is 0 Å². The van der Waals surface area contributed by atoms with Crippen LogP contribution in [-0.4, -0.2) is 23.9 Å². The highest BCUT2D eigenvalue weighted by molar-refractivity contribution is 5.85. The van der Waals surface area contributed by atoms with E-state index in [4.69, 9.17) is 5.73 Å².